The lowest BCUT2D eigenvalue weighted by atomic mass is 9.92. The number of phenolic OH excluding ortho intramolecular Hbond substituents is 1. The van der Waals surface area contributed by atoms with Crippen LogP contribution < -0.4 is 10.5 Å². The predicted octanol–water partition coefficient (Wildman–Crippen LogP) is 0.567. The van der Waals surface area contributed by atoms with E-state index in [2.05, 4.69) is 0 Å². The maximum Gasteiger partial charge on any atom is 0.127 e. The summed E-state index contributed by atoms with van der Waals surface area (Å²) in [5.74, 6) is 0.507. The molecule has 0 radical (unpaired) electrons. The van der Waals surface area contributed by atoms with E-state index in [-0.39, 0.29) is 12.4 Å². The molecule has 0 aliphatic heterocycles. The van der Waals surface area contributed by atoms with Gasteiger partial charge in [-0.25, -0.2) is 0 Å². The van der Waals surface area contributed by atoms with Gasteiger partial charge in [-0.3, -0.25) is 0 Å². The highest BCUT2D eigenvalue weighted by Crippen LogP contribution is 2.34. The molecule has 0 fully saturated rings. The van der Waals surface area contributed by atoms with Crippen LogP contribution in [0.5, 0.6) is 11.5 Å². The number of aliphatic hydroxyl groups is 1. The summed E-state index contributed by atoms with van der Waals surface area (Å²) in [6.07, 6.45) is 0. The van der Waals surface area contributed by atoms with Crippen molar-refractivity contribution < 1.29 is 14.9 Å². The molecule has 1 aromatic rings. The van der Waals surface area contributed by atoms with Gasteiger partial charge in [-0.1, -0.05) is 6.07 Å². The molecule has 4 nitrogen and oxygen atoms in total. The third kappa shape index (κ3) is 1.81. The van der Waals surface area contributed by atoms with Crippen LogP contribution >= 0.6 is 0 Å². The molecule has 1 aromatic carbocycles. The van der Waals surface area contributed by atoms with Crippen molar-refractivity contribution in [3.63, 3.8) is 0 Å². The summed E-state index contributed by atoms with van der Waals surface area (Å²) in [4.78, 5) is 0. The van der Waals surface area contributed by atoms with E-state index < -0.39 is 5.54 Å². The number of aromatic hydroxyl groups is 1. The summed E-state index contributed by atoms with van der Waals surface area (Å²) in [6.45, 7) is 1.37. The Hall–Kier alpha value is -1.26. The molecule has 0 bridgehead atoms. The van der Waals surface area contributed by atoms with Crippen molar-refractivity contribution in [2.24, 2.45) is 5.73 Å². The Labute approximate surface area is 82.9 Å². The molecule has 0 saturated carbocycles. The van der Waals surface area contributed by atoms with Gasteiger partial charge in [0.25, 0.3) is 0 Å². The quantitative estimate of drug-likeness (QED) is 0.662. The predicted molar refractivity (Wildman–Crippen MR) is 53.3 cm³/mol. The highest BCUT2D eigenvalue weighted by Gasteiger charge is 2.27. The van der Waals surface area contributed by atoms with Crippen LogP contribution in [0.25, 0.3) is 0 Å². The molecule has 0 saturated heterocycles. The SMILES string of the molecule is COc1cccc(O)c1[C@](C)(N)CO. The van der Waals surface area contributed by atoms with Crippen molar-refractivity contribution in [2.75, 3.05) is 13.7 Å². The minimum Gasteiger partial charge on any atom is -0.507 e. The highest BCUT2D eigenvalue weighted by molar-refractivity contribution is 5.48. The second-order valence-corrected chi connectivity index (χ2v) is 3.43. The molecule has 0 heterocycles. The number of hydrogen-bond acceptors (Lipinski definition) is 4. The smallest absolute Gasteiger partial charge is 0.127 e. The number of phenols is 1. The van der Waals surface area contributed by atoms with E-state index in [4.69, 9.17) is 15.6 Å². The topological polar surface area (TPSA) is 75.7 Å². The lowest BCUT2D eigenvalue weighted by Crippen LogP contribution is -2.37. The van der Waals surface area contributed by atoms with E-state index in [1.807, 2.05) is 0 Å². The molecule has 78 valence electrons. The lowest BCUT2D eigenvalue weighted by Gasteiger charge is -2.25. The first-order valence-electron chi connectivity index (χ1n) is 4.29. The van der Waals surface area contributed by atoms with Gasteiger partial charge >= 0.3 is 0 Å². The Morgan fingerprint density at radius 1 is 1.50 bits per heavy atom. The lowest BCUT2D eigenvalue weighted by molar-refractivity contribution is 0.203. The van der Waals surface area contributed by atoms with Crippen LogP contribution in [-0.4, -0.2) is 23.9 Å². The number of methoxy groups -OCH3 is 1. The first-order valence-corrected chi connectivity index (χ1v) is 4.29. The third-order valence-corrected chi connectivity index (χ3v) is 2.12. The molecule has 4 N–H and O–H groups in total. The Balaban J connectivity index is 3.30. The molecule has 4 heteroatoms. The van der Waals surface area contributed by atoms with Crippen LogP contribution in [0, 0.1) is 0 Å². The van der Waals surface area contributed by atoms with Crippen LogP contribution in [-0.2, 0) is 5.54 Å². The number of nitrogens with two attached hydrogens (primary N) is 1. The first-order chi connectivity index (χ1) is 6.53. The van der Waals surface area contributed by atoms with E-state index >= 15 is 0 Å². The van der Waals surface area contributed by atoms with Crippen molar-refractivity contribution in [1.29, 1.82) is 0 Å². The zero-order chi connectivity index (χ0) is 10.8. The molecule has 1 rings (SSSR count). The number of benzene rings is 1. The number of ether oxygens (including phenoxy) is 1. The van der Waals surface area contributed by atoms with E-state index in [0.717, 1.165) is 0 Å². The minimum atomic E-state index is -1.00. The summed E-state index contributed by atoms with van der Waals surface area (Å²) in [7, 11) is 1.49. The molecular formula is C10H15NO3. The van der Waals surface area contributed by atoms with Crippen LogP contribution in [0.4, 0.5) is 0 Å². The van der Waals surface area contributed by atoms with Gasteiger partial charge in [-0.2, -0.15) is 0 Å². The van der Waals surface area contributed by atoms with Crippen LogP contribution in [0.2, 0.25) is 0 Å². The summed E-state index contributed by atoms with van der Waals surface area (Å²) in [5.41, 5.74) is 5.24. The van der Waals surface area contributed by atoms with Gasteiger partial charge in [0.05, 0.1) is 24.8 Å². The molecule has 0 unspecified atom stereocenters. The monoisotopic (exact) mass is 197 g/mol. The Morgan fingerprint density at radius 3 is 2.64 bits per heavy atom. The maximum absolute atomic E-state index is 9.62. The van der Waals surface area contributed by atoms with Gasteiger partial charge in [0.1, 0.15) is 11.5 Å². The second-order valence-electron chi connectivity index (χ2n) is 3.43. The maximum atomic E-state index is 9.62. The van der Waals surface area contributed by atoms with Crippen molar-refractivity contribution in [2.45, 2.75) is 12.5 Å². The normalized spacial score (nSPS) is 14.9. The van der Waals surface area contributed by atoms with E-state index in [1.54, 1.807) is 19.1 Å². The number of hydrogen-bond donors (Lipinski definition) is 3. The first kappa shape index (κ1) is 10.8. The average Bonchev–Trinajstić information content (AvgIpc) is 2.17. The van der Waals surface area contributed by atoms with E-state index in [9.17, 15) is 5.11 Å². The van der Waals surface area contributed by atoms with Gasteiger partial charge in [0, 0.05) is 0 Å². The van der Waals surface area contributed by atoms with Crippen molar-refractivity contribution in [1.82, 2.24) is 0 Å². The van der Waals surface area contributed by atoms with Gasteiger partial charge in [-0.05, 0) is 19.1 Å². The van der Waals surface area contributed by atoms with Crippen LogP contribution in [0.15, 0.2) is 18.2 Å². The largest absolute Gasteiger partial charge is 0.507 e. The Bertz CT molecular complexity index is 323. The summed E-state index contributed by atoms with van der Waals surface area (Å²) >= 11 is 0. The second kappa shape index (κ2) is 3.86. The summed E-state index contributed by atoms with van der Waals surface area (Å²) in [6, 6.07) is 4.86. The molecule has 0 aliphatic rings. The number of rotatable bonds is 3. The molecule has 0 aliphatic carbocycles. The third-order valence-electron chi connectivity index (χ3n) is 2.12. The van der Waals surface area contributed by atoms with Crippen LogP contribution in [0.3, 0.4) is 0 Å². The fraction of sp³-hybridized carbons (Fsp3) is 0.400. The number of aliphatic hydroxyl groups excluding tert-OH is 1. The van der Waals surface area contributed by atoms with Gasteiger partial charge in [-0.15, -0.1) is 0 Å². The van der Waals surface area contributed by atoms with Gasteiger partial charge < -0.3 is 20.7 Å². The van der Waals surface area contributed by atoms with E-state index in [1.165, 1.54) is 13.2 Å². The molecule has 1 atom stereocenters. The summed E-state index contributed by atoms with van der Waals surface area (Å²) in [5, 5.41) is 18.7. The fourth-order valence-electron chi connectivity index (χ4n) is 1.34. The Morgan fingerprint density at radius 2 is 2.14 bits per heavy atom. The van der Waals surface area contributed by atoms with Crippen LogP contribution in [0.1, 0.15) is 12.5 Å². The molecule has 0 amide bonds. The summed E-state index contributed by atoms with van der Waals surface area (Å²) < 4.78 is 5.06. The average molecular weight is 197 g/mol. The molecular weight excluding hydrogens is 182 g/mol. The highest BCUT2D eigenvalue weighted by atomic mass is 16.5. The molecule has 0 spiro atoms. The zero-order valence-electron chi connectivity index (χ0n) is 8.32. The zero-order valence-corrected chi connectivity index (χ0v) is 8.32. The van der Waals surface area contributed by atoms with Crippen molar-refractivity contribution >= 4 is 0 Å². The van der Waals surface area contributed by atoms with E-state index in [0.29, 0.717) is 11.3 Å². The van der Waals surface area contributed by atoms with Gasteiger partial charge in [0.2, 0.25) is 0 Å². The van der Waals surface area contributed by atoms with Gasteiger partial charge in [0.15, 0.2) is 0 Å². The van der Waals surface area contributed by atoms with Crippen molar-refractivity contribution in [3.8, 4) is 11.5 Å². The standard InChI is InChI=1S/C10H15NO3/c1-10(11,6-12)9-7(13)4-3-5-8(9)14-2/h3-5,12-13H,6,11H2,1-2H3/t10-/m1/s1. The molecule has 0 aromatic heterocycles. The minimum absolute atomic E-state index is 0.0309. The Kier molecular flexibility index (Phi) is 2.98. The fourth-order valence-corrected chi connectivity index (χ4v) is 1.34. The molecule has 14 heavy (non-hydrogen) atoms. The van der Waals surface area contributed by atoms with Crippen molar-refractivity contribution in [3.05, 3.63) is 23.8 Å².